The maximum atomic E-state index is 10.9. The van der Waals surface area contributed by atoms with E-state index in [1.807, 2.05) is 6.07 Å². The summed E-state index contributed by atoms with van der Waals surface area (Å²) in [5, 5.41) is 15.9. The number of hydrogen-bond donors (Lipinski definition) is 2. The third kappa shape index (κ3) is 5.95. The Morgan fingerprint density at radius 3 is 2.24 bits per heavy atom. The van der Waals surface area contributed by atoms with Crippen molar-refractivity contribution in [2.24, 2.45) is 5.92 Å². The Bertz CT molecular complexity index is 427. The molecule has 0 unspecified atom stereocenters. The molecule has 21 heavy (non-hydrogen) atoms. The molecule has 0 radical (unpaired) electrons. The van der Waals surface area contributed by atoms with E-state index in [1.54, 1.807) is 0 Å². The van der Waals surface area contributed by atoms with Crippen molar-refractivity contribution < 1.29 is 19.8 Å². The number of nitrogens with zero attached hydrogens (tertiary/aromatic N) is 1. The van der Waals surface area contributed by atoms with E-state index in [-0.39, 0.29) is 12.4 Å². The first-order chi connectivity index (χ1) is 10.1. The second-order valence-corrected chi connectivity index (χ2v) is 5.35. The van der Waals surface area contributed by atoms with Crippen LogP contribution in [0.2, 0.25) is 0 Å². The summed E-state index contributed by atoms with van der Waals surface area (Å²) in [5.41, 5.74) is 1.32. The van der Waals surface area contributed by atoms with Crippen LogP contribution in [0.5, 0.6) is 0 Å². The van der Waals surface area contributed by atoms with Gasteiger partial charge in [0, 0.05) is 12.6 Å². The van der Waals surface area contributed by atoms with Crippen molar-refractivity contribution in [1.29, 1.82) is 0 Å². The number of rotatable bonds is 4. The standard InChI is InChI=1S/C15H21NO2.CH2O2/c1-16(11-12-5-3-2-4-6-12)14-9-7-13(8-10-14)15(17)18;2-1-3/h2-6,13-14H,7-11H2,1H3,(H,17,18);1H,(H,2,3). The van der Waals surface area contributed by atoms with Crippen molar-refractivity contribution in [1.82, 2.24) is 4.90 Å². The van der Waals surface area contributed by atoms with Crippen molar-refractivity contribution >= 4 is 12.4 Å². The van der Waals surface area contributed by atoms with Crippen LogP contribution >= 0.6 is 0 Å². The van der Waals surface area contributed by atoms with Gasteiger partial charge in [0.15, 0.2) is 0 Å². The lowest BCUT2D eigenvalue weighted by atomic mass is 9.85. The zero-order chi connectivity index (χ0) is 15.7. The van der Waals surface area contributed by atoms with Crippen molar-refractivity contribution in [3.05, 3.63) is 35.9 Å². The van der Waals surface area contributed by atoms with Gasteiger partial charge in [0.25, 0.3) is 6.47 Å². The van der Waals surface area contributed by atoms with Crippen molar-refractivity contribution in [2.75, 3.05) is 7.05 Å². The molecule has 1 saturated carbocycles. The molecule has 2 N–H and O–H groups in total. The summed E-state index contributed by atoms with van der Waals surface area (Å²) in [6, 6.07) is 11.0. The van der Waals surface area contributed by atoms with Crippen LogP contribution in [0.4, 0.5) is 0 Å². The van der Waals surface area contributed by atoms with Crippen LogP contribution in [-0.4, -0.2) is 40.6 Å². The third-order valence-corrected chi connectivity index (χ3v) is 3.94. The fourth-order valence-electron chi connectivity index (χ4n) is 2.76. The largest absolute Gasteiger partial charge is 0.483 e. The Labute approximate surface area is 125 Å². The SMILES string of the molecule is CN(Cc1ccccc1)C1CCC(C(=O)O)CC1.O=CO. The van der Waals surface area contributed by atoms with Crippen LogP contribution in [0.25, 0.3) is 0 Å². The Balaban J connectivity index is 0.000000677. The summed E-state index contributed by atoms with van der Waals surface area (Å²) in [4.78, 5) is 21.6. The molecule has 1 aromatic carbocycles. The number of aliphatic carboxylic acids is 1. The van der Waals surface area contributed by atoms with Gasteiger partial charge in [0.05, 0.1) is 5.92 Å². The van der Waals surface area contributed by atoms with Crippen molar-refractivity contribution in [2.45, 2.75) is 38.3 Å². The minimum absolute atomic E-state index is 0.119. The number of benzene rings is 1. The highest BCUT2D eigenvalue weighted by atomic mass is 16.4. The van der Waals surface area contributed by atoms with Gasteiger partial charge < -0.3 is 10.2 Å². The number of carbonyl (C=O) groups is 2. The molecule has 1 aliphatic rings. The lowest BCUT2D eigenvalue weighted by Crippen LogP contribution is -2.36. The molecule has 0 heterocycles. The Hall–Kier alpha value is -1.88. The summed E-state index contributed by atoms with van der Waals surface area (Å²) < 4.78 is 0. The number of carboxylic acid groups (broad SMARTS) is 2. The van der Waals surface area contributed by atoms with Crippen LogP contribution in [0.15, 0.2) is 30.3 Å². The van der Waals surface area contributed by atoms with Gasteiger partial charge in [-0.05, 0) is 38.3 Å². The van der Waals surface area contributed by atoms with Gasteiger partial charge in [0.1, 0.15) is 0 Å². The van der Waals surface area contributed by atoms with Crippen LogP contribution in [0.1, 0.15) is 31.2 Å². The summed E-state index contributed by atoms with van der Waals surface area (Å²) >= 11 is 0. The predicted molar refractivity (Wildman–Crippen MR) is 80.0 cm³/mol. The van der Waals surface area contributed by atoms with E-state index in [1.165, 1.54) is 5.56 Å². The van der Waals surface area contributed by atoms with Gasteiger partial charge in [0.2, 0.25) is 0 Å². The Morgan fingerprint density at radius 1 is 1.24 bits per heavy atom. The maximum Gasteiger partial charge on any atom is 0.306 e. The molecule has 1 aromatic rings. The summed E-state index contributed by atoms with van der Waals surface area (Å²) in [6.07, 6.45) is 3.64. The minimum Gasteiger partial charge on any atom is -0.483 e. The van der Waals surface area contributed by atoms with Gasteiger partial charge >= 0.3 is 5.97 Å². The van der Waals surface area contributed by atoms with Crippen LogP contribution in [0, 0.1) is 5.92 Å². The fourth-order valence-corrected chi connectivity index (χ4v) is 2.76. The topological polar surface area (TPSA) is 77.8 Å². The zero-order valence-electron chi connectivity index (χ0n) is 12.3. The minimum atomic E-state index is -0.626. The molecule has 0 aliphatic heterocycles. The first-order valence-corrected chi connectivity index (χ1v) is 7.13. The van der Waals surface area contributed by atoms with Gasteiger partial charge in [-0.15, -0.1) is 0 Å². The molecular weight excluding hydrogens is 270 g/mol. The first-order valence-electron chi connectivity index (χ1n) is 7.13. The fraction of sp³-hybridized carbons (Fsp3) is 0.500. The van der Waals surface area contributed by atoms with Crippen LogP contribution in [0.3, 0.4) is 0 Å². The molecule has 0 atom stereocenters. The molecule has 0 amide bonds. The number of carboxylic acids is 1. The second kappa shape index (κ2) is 9.13. The van der Waals surface area contributed by atoms with Gasteiger partial charge in [-0.1, -0.05) is 30.3 Å². The van der Waals surface area contributed by atoms with E-state index in [9.17, 15) is 4.79 Å². The smallest absolute Gasteiger partial charge is 0.306 e. The highest BCUT2D eigenvalue weighted by Gasteiger charge is 2.27. The monoisotopic (exact) mass is 293 g/mol. The molecule has 0 bridgehead atoms. The van der Waals surface area contributed by atoms with Crippen molar-refractivity contribution in [3.8, 4) is 0 Å². The molecule has 0 saturated heterocycles. The highest BCUT2D eigenvalue weighted by molar-refractivity contribution is 5.70. The summed E-state index contributed by atoms with van der Waals surface area (Å²) in [6.45, 7) is 0.698. The van der Waals surface area contributed by atoms with Crippen LogP contribution < -0.4 is 0 Å². The number of hydrogen-bond acceptors (Lipinski definition) is 3. The molecule has 1 fully saturated rings. The van der Waals surface area contributed by atoms with E-state index in [4.69, 9.17) is 15.0 Å². The lowest BCUT2D eigenvalue weighted by Gasteiger charge is -2.33. The van der Waals surface area contributed by atoms with E-state index in [0.29, 0.717) is 6.04 Å². The van der Waals surface area contributed by atoms with Crippen molar-refractivity contribution in [3.63, 3.8) is 0 Å². The van der Waals surface area contributed by atoms with Gasteiger partial charge in [-0.3, -0.25) is 14.5 Å². The van der Waals surface area contributed by atoms with E-state index < -0.39 is 5.97 Å². The molecule has 5 nitrogen and oxygen atoms in total. The second-order valence-electron chi connectivity index (χ2n) is 5.35. The Morgan fingerprint density at radius 2 is 1.76 bits per heavy atom. The normalized spacial score (nSPS) is 21.2. The summed E-state index contributed by atoms with van der Waals surface area (Å²) in [7, 11) is 2.14. The average molecular weight is 293 g/mol. The molecular formula is C16H23NO4. The van der Waals surface area contributed by atoms with Crippen LogP contribution in [-0.2, 0) is 16.1 Å². The predicted octanol–water partition coefficient (Wildman–Crippen LogP) is 2.46. The summed E-state index contributed by atoms with van der Waals surface area (Å²) in [5.74, 6) is -0.745. The third-order valence-electron chi connectivity index (χ3n) is 3.94. The molecule has 0 aromatic heterocycles. The van der Waals surface area contributed by atoms with E-state index in [2.05, 4.69) is 36.2 Å². The molecule has 0 spiro atoms. The maximum absolute atomic E-state index is 10.9. The van der Waals surface area contributed by atoms with Gasteiger partial charge in [-0.25, -0.2) is 0 Å². The molecule has 2 rings (SSSR count). The first kappa shape index (κ1) is 17.2. The quantitative estimate of drug-likeness (QED) is 0.834. The van der Waals surface area contributed by atoms with E-state index in [0.717, 1.165) is 32.2 Å². The van der Waals surface area contributed by atoms with Gasteiger partial charge in [-0.2, -0.15) is 0 Å². The average Bonchev–Trinajstić information content (AvgIpc) is 2.49. The lowest BCUT2D eigenvalue weighted by molar-refractivity contribution is -0.143. The Kier molecular flexibility index (Phi) is 7.46. The highest BCUT2D eigenvalue weighted by Crippen LogP contribution is 2.27. The molecule has 5 heteroatoms. The van der Waals surface area contributed by atoms with E-state index >= 15 is 0 Å². The molecule has 116 valence electrons. The zero-order valence-corrected chi connectivity index (χ0v) is 12.3. The molecule has 1 aliphatic carbocycles.